The summed E-state index contributed by atoms with van der Waals surface area (Å²) >= 11 is 4.81. The monoisotopic (exact) mass is 300 g/mol. The van der Waals surface area contributed by atoms with Gasteiger partial charge in [0, 0.05) is 9.85 Å². The molecule has 0 atom stereocenters. The van der Waals surface area contributed by atoms with Crippen molar-refractivity contribution >= 4 is 33.0 Å². The van der Waals surface area contributed by atoms with E-state index in [-0.39, 0.29) is 5.82 Å². The molecule has 1 aromatic heterocycles. The number of halogens is 2. The maximum atomic E-state index is 13.4. The molecule has 0 unspecified atom stereocenters. The summed E-state index contributed by atoms with van der Waals surface area (Å²) in [5, 5.41) is 6.01. The predicted molar refractivity (Wildman–Crippen MR) is 68.3 cm³/mol. The molecule has 0 spiro atoms. The largest absolute Gasteiger partial charge is 0.377 e. The molecule has 2 rings (SSSR count). The zero-order valence-corrected chi connectivity index (χ0v) is 11.0. The molecule has 0 amide bonds. The van der Waals surface area contributed by atoms with Crippen LogP contribution >= 0.6 is 27.3 Å². The van der Waals surface area contributed by atoms with Crippen LogP contribution in [0.3, 0.4) is 0 Å². The number of rotatable bonds is 3. The van der Waals surface area contributed by atoms with E-state index in [0.29, 0.717) is 12.2 Å². The Hall–Kier alpha value is -0.940. The molecule has 0 saturated carbocycles. The number of thiazole rings is 1. The number of nitrogens with zero attached hydrogens (tertiary/aromatic N) is 1. The Labute approximate surface area is 106 Å². The summed E-state index contributed by atoms with van der Waals surface area (Å²) in [6.45, 7) is 2.50. The van der Waals surface area contributed by atoms with E-state index in [0.717, 1.165) is 15.2 Å². The molecule has 0 aliphatic rings. The molecule has 0 aliphatic carbocycles. The lowest BCUT2D eigenvalue weighted by atomic mass is 10.3. The zero-order chi connectivity index (χ0) is 11.5. The van der Waals surface area contributed by atoms with Crippen LogP contribution in [0.1, 0.15) is 10.7 Å². The van der Waals surface area contributed by atoms with Gasteiger partial charge in [0.2, 0.25) is 0 Å². The number of aromatic nitrogens is 1. The third-order valence-corrected chi connectivity index (χ3v) is 3.37. The highest BCUT2D eigenvalue weighted by atomic mass is 79.9. The molecule has 5 heteroatoms. The number of anilines is 1. The Kier molecular flexibility index (Phi) is 3.56. The van der Waals surface area contributed by atoms with Crippen molar-refractivity contribution in [3.63, 3.8) is 0 Å². The van der Waals surface area contributed by atoms with E-state index in [4.69, 9.17) is 0 Å². The van der Waals surface area contributed by atoms with Gasteiger partial charge in [0.25, 0.3) is 0 Å². The molecular formula is C11H10BrFN2S. The van der Waals surface area contributed by atoms with Gasteiger partial charge in [-0.05, 0) is 25.1 Å². The van der Waals surface area contributed by atoms with Crippen molar-refractivity contribution in [1.82, 2.24) is 4.98 Å². The molecule has 1 N–H and O–H groups in total. The Bertz CT molecular complexity index is 498. The predicted octanol–water partition coefficient (Wildman–Crippen LogP) is 3.97. The smallest absolute Gasteiger partial charge is 0.147 e. The first-order valence-corrected chi connectivity index (χ1v) is 6.42. The van der Waals surface area contributed by atoms with Gasteiger partial charge in [-0.25, -0.2) is 9.37 Å². The Balaban J connectivity index is 2.04. The van der Waals surface area contributed by atoms with Gasteiger partial charge in [-0.3, -0.25) is 0 Å². The number of aryl methyl sites for hydroxylation is 1. The highest BCUT2D eigenvalue weighted by molar-refractivity contribution is 9.10. The highest BCUT2D eigenvalue weighted by Gasteiger charge is 2.03. The lowest BCUT2D eigenvalue weighted by molar-refractivity contribution is 0.629. The first-order chi connectivity index (χ1) is 7.65. The van der Waals surface area contributed by atoms with Gasteiger partial charge in [-0.2, -0.15) is 0 Å². The minimum Gasteiger partial charge on any atom is -0.377 e. The zero-order valence-electron chi connectivity index (χ0n) is 8.63. The molecule has 1 aromatic carbocycles. The molecule has 0 aliphatic heterocycles. The molecule has 0 radical (unpaired) electrons. The quantitative estimate of drug-likeness (QED) is 0.928. The fourth-order valence-corrected chi connectivity index (χ4v) is 2.25. The molecule has 84 valence electrons. The van der Waals surface area contributed by atoms with Gasteiger partial charge in [0.05, 0.1) is 22.9 Å². The van der Waals surface area contributed by atoms with E-state index in [9.17, 15) is 4.39 Å². The van der Waals surface area contributed by atoms with E-state index < -0.39 is 0 Å². The normalized spacial score (nSPS) is 10.4. The average Bonchev–Trinajstić information content (AvgIpc) is 2.63. The molecule has 2 nitrogen and oxygen atoms in total. The van der Waals surface area contributed by atoms with Crippen LogP contribution in [0.4, 0.5) is 10.1 Å². The van der Waals surface area contributed by atoms with Gasteiger partial charge in [0.1, 0.15) is 5.82 Å². The Morgan fingerprint density at radius 3 is 2.94 bits per heavy atom. The van der Waals surface area contributed by atoms with Crippen LogP contribution < -0.4 is 5.32 Å². The van der Waals surface area contributed by atoms with E-state index in [1.165, 1.54) is 6.07 Å². The van der Waals surface area contributed by atoms with Crippen molar-refractivity contribution in [1.29, 1.82) is 0 Å². The summed E-state index contributed by atoms with van der Waals surface area (Å²) in [7, 11) is 0. The van der Waals surface area contributed by atoms with E-state index >= 15 is 0 Å². The van der Waals surface area contributed by atoms with Crippen LogP contribution in [0.5, 0.6) is 0 Å². The van der Waals surface area contributed by atoms with Gasteiger partial charge in [0.15, 0.2) is 0 Å². The SMILES string of the molecule is Cc1nc(CNc2ccc(Br)cc2F)cs1. The molecule has 1 heterocycles. The van der Waals surface area contributed by atoms with Crippen molar-refractivity contribution in [3.8, 4) is 0 Å². The number of hydrogen-bond acceptors (Lipinski definition) is 3. The van der Waals surface area contributed by atoms with Crippen LogP contribution in [0.25, 0.3) is 0 Å². The first-order valence-electron chi connectivity index (χ1n) is 4.75. The van der Waals surface area contributed by atoms with Gasteiger partial charge >= 0.3 is 0 Å². The van der Waals surface area contributed by atoms with E-state index in [1.54, 1.807) is 23.5 Å². The Morgan fingerprint density at radius 1 is 1.50 bits per heavy atom. The molecule has 2 aromatic rings. The molecule has 0 fully saturated rings. The van der Waals surface area contributed by atoms with Crippen LogP contribution in [-0.4, -0.2) is 4.98 Å². The van der Waals surface area contributed by atoms with Crippen LogP contribution in [0.2, 0.25) is 0 Å². The summed E-state index contributed by atoms with van der Waals surface area (Å²) in [5.74, 6) is -0.263. The van der Waals surface area contributed by atoms with Crippen molar-refractivity contribution < 1.29 is 4.39 Å². The third kappa shape index (κ3) is 2.80. The van der Waals surface area contributed by atoms with Crippen molar-refractivity contribution in [2.75, 3.05) is 5.32 Å². The fraction of sp³-hybridized carbons (Fsp3) is 0.182. The topological polar surface area (TPSA) is 24.9 Å². The second kappa shape index (κ2) is 4.93. The summed E-state index contributed by atoms with van der Waals surface area (Å²) in [5.41, 5.74) is 1.43. The summed E-state index contributed by atoms with van der Waals surface area (Å²) in [6, 6.07) is 4.95. The summed E-state index contributed by atoms with van der Waals surface area (Å²) in [6.07, 6.45) is 0. The maximum Gasteiger partial charge on any atom is 0.147 e. The minimum atomic E-state index is -0.263. The average molecular weight is 301 g/mol. The van der Waals surface area contributed by atoms with Crippen molar-refractivity contribution in [2.45, 2.75) is 13.5 Å². The van der Waals surface area contributed by atoms with Crippen LogP contribution in [-0.2, 0) is 6.54 Å². The number of hydrogen-bond donors (Lipinski definition) is 1. The summed E-state index contributed by atoms with van der Waals surface area (Å²) < 4.78 is 14.2. The molecule has 16 heavy (non-hydrogen) atoms. The minimum absolute atomic E-state index is 0.263. The molecule has 0 saturated heterocycles. The van der Waals surface area contributed by atoms with E-state index in [2.05, 4.69) is 26.2 Å². The molecular weight excluding hydrogens is 291 g/mol. The summed E-state index contributed by atoms with van der Waals surface area (Å²) in [4.78, 5) is 4.30. The maximum absolute atomic E-state index is 13.4. The van der Waals surface area contributed by atoms with Gasteiger partial charge in [-0.1, -0.05) is 15.9 Å². The standard InChI is InChI=1S/C11H10BrFN2S/c1-7-15-9(6-16-7)5-14-11-3-2-8(12)4-10(11)13/h2-4,6,14H,5H2,1H3. The second-order valence-electron chi connectivity index (χ2n) is 3.34. The highest BCUT2D eigenvalue weighted by Crippen LogP contribution is 2.20. The fourth-order valence-electron chi connectivity index (χ4n) is 1.31. The lowest BCUT2D eigenvalue weighted by Crippen LogP contribution is -2.01. The Morgan fingerprint density at radius 2 is 2.31 bits per heavy atom. The van der Waals surface area contributed by atoms with E-state index in [1.807, 2.05) is 12.3 Å². The van der Waals surface area contributed by atoms with Crippen LogP contribution in [0.15, 0.2) is 28.1 Å². The molecule has 0 bridgehead atoms. The van der Waals surface area contributed by atoms with Crippen LogP contribution in [0, 0.1) is 12.7 Å². The van der Waals surface area contributed by atoms with Gasteiger partial charge in [-0.15, -0.1) is 11.3 Å². The second-order valence-corrected chi connectivity index (χ2v) is 5.31. The first kappa shape index (κ1) is 11.5. The number of nitrogens with one attached hydrogen (secondary N) is 1. The van der Waals surface area contributed by atoms with Crippen molar-refractivity contribution in [3.05, 3.63) is 44.6 Å². The third-order valence-electron chi connectivity index (χ3n) is 2.06. The van der Waals surface area contributed by atoms with Crippen molar-refractivity contribution in [2.24, 2.45) is 0 Å². The number of benzene rings is 1. The lowest BCUT2D eigenvalue weighted by Gasteiger charge is -2.05. The van der Waals surface area contributed by atoms with Gasteiger partial charge < -0.3 is 5.32 Å².